The van der Waals surface area contributed by atoms with Gasteiger partial charge in [-0.3, -0.25) is 4.90 Å². The third-order valence-electron chi connectivity index (χ3n) is 4.94. The Bertz CT molecular complexity index is 579. The van der Waals surface area contributed by atoms with Gasteiger partial charge in [0.15, 0.2) is 0 Å². The van der Waals surface area contributed by atoms with E-state index in [-0.39, 0.29) is 12.1 Å². The van der Waals surface area contributed by atoms with Crippen LogP contribution in [0.25, 0.3) is 0 Å². The highest BCUT2D eigenvalue weighted by molar-refractivity contribution is 5.91. The zero-order valence-electron chi connectivity index (χ0n) is 14.6. The highest BCUT2D eigenvalue weighted by atomic mass is 16.5. The van der Waals surface area contributed by atoms with Crippen molar-refractivity contribution >= 4 is 11.7 Å². The number of fused-ring (bicyclic) bond motifs is 3. The minimum Gasteiger partial charge on any atom is -0.379 e. The van der Waals surface area contributed by atoms with Crippen LogP contribution in [0, 0.1) is 26.7 Å². The largest absolute Gasteiger partial charge is 0.379 e. The molecule has 1 aromatic carbocycles. The van der Waals surface area contributed by atoms with E-state index < -0.39 is 0 Å². The second-order valence-electron chi connectivity index (χ2n) is 7.11. The van der Waals surface area contributed by atoms with Gasteiger partial charge in [-0.05, 0) is 38.9 Å². The molecule has 1 aromatic rings. The van der Waals surface area contributed by atoms with Crippen LogP contribution in [-0.2, 0) is 4.74 Å². The number of likely N-dealkylation sites (N-methyl/N-ethyl adjacent to an activating group) is 1. The second-order valence-corrected chi connectivity index (χ2v) is 7.11. The number of amides is 2. The van der Waals surface area contributed by atoms with Gasteiger partial charge < -0.3 is 15.0 Å². The van der Waals surface area contributed by atoms with Gasteiger partial charge in [-0.2, -0.15) is 0 Å². The summed E-state index contributed by atoms with van der Waals surface area (Å²) in [6, 6.07) is 4.52. The van der Waals surface area contributed by atoms with Gasteiger partial charge in [0, 0.05) is 31.2 Å². The van der Waals surface area contributed by atoms with Crippen LogP contribution in [0.1, 0.15) is 16.7 Å². The number of urea groups is 1. The molecular formula is C18H27N3O2. The van der Waals surface area contributed by atoms with Crippen LogP contribution in [0.5, 0.6) is 0 Å². The van der Waals surface area contributed by atoms with E-state index in [0.29, 0.717) is 12.5 Å². The van der Waals surface area contributed by atoms with E-state index in [1.807, 2.05) is 18.7 Å². The van der Waals surface area contributed by atoms with Crippen molar-refractivity contribution < 1.29 is 9.53 Å². The number of rotatable bonds is 1. The van der Waals surface area contributed by atoms with Gasteiger partial charge >= 0.3 is 6.03 Å². The van der Waals surface area contributed by atoms with Gasteiger partial charge in [-0.1, -0.05) is 17.7 Å². The first-order valence-corrected chi connectivity index (χ1v) is 8.36. The fourth-order valence-corrected chi connectivity index (χ4v) is 3.78. The Morgan fingerprint density at radius 1 is 1.13 bits per heavy atom. The molecule has 2 amide bonds. The van der Waals surface area contributed by atoms with Crippen molar-refractivity contribution in [2.24, 2.45) is 5.92 Å². The molecule has 0 spiro atoms. The van der Waals surface area contributed by atoms with Crippen LogP contribution in [0.15, 0.2) is 12.1 Å². The quantitative estimate of drug-likeness (QED) is 0.865. The van der Waals surface area contributed by atoms with Crippen LogP contribution in [0.3, 0.4) is 0 Å². The molecular weight excluding hydrogens is 290 g/mol. The molecule has 23 heavy (non-hydrogen) atoms. The lowest BCUT2D eigenvalue weighted by atomic mass is 10.1. The van der Waals surface area contributed by atoms with Gasteiger partial charge in [-0.15, -0.1) is 0 Å². The fraction of sp³-hybridized carbons (Fsp3) is 0.611. The Morgan fingerprint density at radius 3 is 2.52 bits per heavy atom. The summed E-state index contributed by atoms with van der Waals surface area (Å²) in [5.41, 5.74) is 4.40. The number of carbonyl (C=O) groups is 1. The van der Waals surface area contributed by atoms with Gasteiger partial charge in [0.25, 0.3) is 0 Å². The van der Waals surface area contributed by atoms with Gasteiger partial charge in [0.2, 0.25) is 0 Å². The Labute approximate surface area is 138 Å². The minimum absolute atomic E-state index is 0.00672. The minimum atomic E-state index is 0.00672. The van der Waals surface area contributed by atoms with Crippen molar-refractivity contribution in [3.8, 4) is 0 Å². The predicted octanol–water partition coefficient (Wildman–Crippen LogP) is 2.41. The Kier molecular flexibility index (Phi) is 4.60. The number of hydrogen-bond acceptors (Lipinski definition) is 3. The lowest BCUT2D eigenvalue weighted by Crippen LogP contribution is -2.46. The number of nitrogens with one attached hydrogen (secondary N) is 1. The van der Waals surface area contributed by atoms with Crippen LogP contribution in [0.2, 0.25) is 0 Å². The molecule has 0 radical (unpaired) electrons. The first-order chi connectivity index (χ1) is 10.9. The van der Waals surface area contributed by atoms with Crippen LogP contribution in [0.4, 0.5) is 10.5 Å². The average Bonchev–Trinajstić information content (AvgIpc) is 2.71. The van der Waals surface area contributed by atoms with Crippen LogP contribution in [-0.4, -0.2) is 61.8 Å². The zero-order chi connectivity index (χ0) is 16.6. The maximum Gasteiger partial charge on any atom is 0.321 e. The Balaban J connectivity index is 1.76. The summed E-state index contributed by atoms with van der Waals surface area (Å²) in [6.07, 6.45) is 0. The summed E-state index contributed by atoms with van der Waals surface area (Å²) in [7, 11) is 2.13. The Hall–Kier alpha value is -1.59. The third kappa shape index (κ3) is 3.51. The molecule has 0 saturated carbocycles. The monoisotopic (exact) mass is 317 g/mol. The molecule has 2 fully saturated rings. The molecule has 2 atom stereocenters. The van der Waals surface area contributed by atoms with Crippen molar-refractivity contribution in [3.63, 3.8) is 0 Å². The first kappa shape index (κ1) is 16.3. The number of nitrogens with zero attached hydrogens (tertiary/aromatic N) is 2. The van der Waals surface area contributed by atoms with Crippen molar-refractivity contribution in [2.75, 3.05) is 45.2 Å². The molecule has 3 rings (SSSR count). The van der Waals surface area contributed by atoms with Gasteiger partial charge in [0.05, 0.1) is 19.3 Å². The fourth-order valence-electron chi connectivity index (χ4n) is 3.78. The van der Waals surface area contributed by atoms with E-state index in [2.05, 4.69) is 36.3 Å². The molecule has 5 nitrogen and oxygen atoms in total. The van der Waals surface area contributed by atoms with Crippen molar-refractivity contribution in [1.82, 2.24) is 9.80 Å². The average molecular weight is 317 g/mol. The lowest BCUT2D eigenvalue weighted by Gasteiger charge is -2.30. The Morgan fingerprint density at radius 2 is 1.83 bits per heavy atom. The van der Waals surface area contributed by atoms with Gasteiger partial charge in [0.1, 0.15) is 0 Å². The van der Waals surface area contributed by atoms with E-state index in [4.69, 9.17) is 4.74 Å². The highest BCUT2D eigenvalue weighted by Gasteiger charge is 2.33. The number of carbonyl (C=O) groups excluding carboxylic acids is 1. The summed E-state index contributed by atoms with van der Waals surface area (Å²) >= 11 is 0. The van der Waals surface area contributed by atoms with Crippen molar-refractivity contribution in [3.05, 3.63) is 28.8 Å². The van der Waals surface area contributed by atoms with E-state index in [1.54, 1.807) is 0 Å². The maximum atomic E-state index is 12.8. The van der Waals surface area contributed by atoms with Crippen LogP contribution < -0.4 is 5.32 Å². The summed E-state index contributed by atoms with van der Waals surface area (Å²) in [5.74, 6) is 0.387. The maximum absolute atomic E-state index is 12.8. The number of aryl methyl sites for hydroxylation is 3. The molecule has 2 aliphatic heterocycles. The molecule has 0 unspecified atom stereocenters. The molecule has 2 saturated heterocycles. The molecule has 126 valence electrons. The van der Waals surface area contributed by atoms with E-state index in [0.717, 1.165) is 43.1 Å². The topological polar surface area (TPSA) is 44.8 Å². The van der Waals surface area contributed by atoms with Crippen molar-refractivity contribution in [1.29, 1.82) is 0 Å². The molecule has 0 aromatic heterocycles. The smallest absolute Gasteiger partial charge is 0.321 e. The standard InChI is InChI=1S/C18H27N3O2/c1-12-5-13(2)17(14(3)6-12)19-18(22)21-8-15-7-20(4)16(9-21)11-23-10-15/h5-6,15-16H,7-11H2,1-4H3,(H,19,22)/t15-,16+/m1/s1. The zero-order valence-corrected chi connectivity index (χ0v) is 14.6. The molecule has 1 N–H and O–H groups in total. The highest BCUT2D eigenvalue weighted by Crippen LogP contribution is 2.24. The van der Waals surface area contributed by atoms with Crippen molar-refractivity contribution in [2.45, 2.75) is 26.8 Å². The molecule has 5 heteroatoms. The van der Waals surface area contributed by atoms with Gasteiger partial charge in [-0.25, -0.2) is 4.79 Å². The number of hydrogen-bond donors (Lipinski definition) is 1. The number of benzene rings is 1. The molecule has 2 heterocycles. The normalized spacial score (nSPS) is 25.1. The predicted molar refractivity (Wildman–Crippen MR) is 92.0 cm³/mol. The van der Waals surface area contributed by atoms with E-state index in [9.17, 15) is 4.79 Å². The van der Waals surface area contributed by atoms with Crippen LogP contribution >= 0.6 is 0 Å². The number of ether oxygens (including phenoxy) is 1. The molecule has 2 aliphatic rings. The lowest BCUT2D eigenvalue weighted by molar-refractivity contribution is 0.0643. The summed E-state index contributed by atoms with van der Waals surface area (Å²) in [6.45, 7) is 10.1. The third-order valence-corrected chi connectivity index (χ3v) is 4.94. The summed E-state index contributed by atoms with van der Waals surface area (Å²) in [5, 5.41) is 3.13. The number of anilines is 1. The first-order valence-electron chi connectivity index (χ1n) is 8.36. The second kappa shape index (κ2) is 6.49. The summed E-state index contributed by atoms with van der Waals surface area (Å²) in [4.78, 5) is 17.1. The molecule has 2 bridgehead atoms. The van der Waals surface area contributed by atoms with E-state index >= 15 is 0 Å². The SMILES string of the molecule is Cc1cc(C)c(NC(=O)N2C[C@@H]3COC[C@H](C2)N(C)C3)c(C)c1. The summed E-state index contributed by atoms with van der Waals surface area (Å²) < 4.78 is 5.73. The molecule has 0 aliphatic carbocycles. The van der Waals surface area contributed by atoms with E-state index in [1.165, 1.54) is 5.56 Å².